The molecule has 0 aliphatic rings. The fraction of sp³-hybridized carbons (Fsp3) is 0.143. The quantitative estimate of drug-likeness (QED) is 0.739. The van der Waals surface area contributed by atoms with E-state index in [0.717, 1.165) is 11.3 Å². The Morgan fingerprint density at radius 3 is 2.65 bits per heavy atom. The number of rotatable bonds is 2. The molecule has 0 atom stereocenters. The van der Waals surface area contributed by atoms with Gasteiger partial charge in [0.2, 0.25) is 0 Å². The minimum absolute atomic E-state index is 0.237. The molecule has 2 aromatic heterocycles. The first-order valence-electron chi connectivity index (χ1n) is 6.10. The molecule has 0 aliphatic heterocycles. The van der Waals surface area contributed by atoms with Crippen molar-refractivity contribution in [3.8, 4) is 17.0 Å². The van der Waals surface area contributed by atoms with E-state index in [9.17, 15) is 4.79 Å². The predicted octanol–water partition coefficient (Wildman–Crippen LogP) is 1.52. The Kier molecular flexibility index (Phi) is 2.71. The number of nitrogens with zero attached hydrogens (tertiary/aromatic N) is 2. The van der Waals surface area contributed by atoms with Gasteiger partial charge in [-0.25, -0.2) is 0 Å². The van der Waals surface area contributed by atoms with E-state index < -0.39 is 0 Å². The average molecular weight is 270 g/mol. The van der Waals surface area contributed by atoms with Gasteiger partial charge in [0.05, 0.1) is 18.3 Å². The Morgan fingerprint density at radius 2 is 2.00 bits per heavy atom. The Balaban J connectivity index is 2.21. The molecule has 0 aliphatic carbocycles. The lowest BCUT2D eigenvalue weighted by atomic mass is 10.1. The second-order valence-electron chi connectivity index (χ2n) is 4.51. The number of methoxy groups -OCH3 is 1. The number of aromatic nitrogens is 3. The first-order chi connectivity index (χ1) is 9.60. The summed E-state index contributed by atoms with van der Waals surface area (Å²) in [5.74, 6) is 1.01. The van der Waals surface area contributed by atoms with Gasteiger partial charge in [-0.05, 0) is 35.9 Å². The molecule has 6 heteroatoms. The minimum Gasteiger partial charge on any atom is -0.497 e. The molecule has 3 N–H and O–H groups in total. The van der Waals surface area contributed by atoms with E-state index in [1.165, 1.54) is 0 Å². The highest BCUT2D eigenvalue weighted by molar-refractivity contribution is 5.90. The molecule has 0 unspecified atom stereocenters. The zero-order valence-electron chi connectivity index (χ0n) is 11.2. The maximum Gasteiger partial charge on any atom is 0.261 e. The number of aryl methyl sites for hydroxylation is 1. The third-order valence-electron chi connectivity index (χ3n) is 3.28. The summed E-state index contributed by atoms with van der Waals surface area (Å²) in [5.41, 5.74) is 7.81. The lowest BCUT2D eigenvalue weighted by Crippen LogP contribution is -2.08. The van der Waals surface area contributed by atoms with E-state index >= 15 is 0 Å². The van der Waals surface area contributed by atoms with Crippen molar-refractivity contribution in [1.29, 1.82) is 0 Å². The number of nitrogen functional groups attached to an aromatic ring is 1. The molecular weight excluding hydrogens is 256 g/mol. The number of anilines is 1. The standard InChI is InChI=1S/C14H14N4O2/c1-18-11-7-10(8-3-5-9(20-2)6-4-8)16-14(19)12(11)13(15)17-18/h3-7H,1-2H3,(H2,15,17)(H,16,19). The molecule has 3 rings (SSSR count). The van der Waals surface area contributed by atoms with Crippen LogP contribution in [-0.4, -0.2) is 21.9 Å². The number of hydrogen-bond acceptors (Lipinski definition) is 4. The summed E-state index contributed by atoms with van der Waals surface area (Å²) >= 11 is 0. The average Bonchev–Trinajstić information content (AvgIpc) is 2.74. The molecular formula is C14H14N4O2. The molecule has 2 heterocycles. The zero-order chi connectivity index (χ0) is 14.3. The van der Waals surface area contributed by atoms with Gasteiger partial charge >= 0.3 is 0 Å². The molecule has 0 saturated heterocycles. The maximum absolute atomic E-state index is 12.1. The van der Waals surface area contributed by atoms with Crippen LogP contribution in [0.3, 0.4) is 0 Å². The summed E-state index contributed by atoms with van der Waals surface area (Å²) in [4.78, 5) is 14.9. The fourth-order valence-corrected chi connectivity index (χ4v) is 2.24. The van der Waals surface area contributed by atoms with E-state index in [-0.39, 0.29) is 11.4 Å². The van der Waals surface area contributed by atoms with Crippen molar-refractivity contribution in [3.63, 3.8) is 0 Å². The van der Waals surface area contributed by atoms with Gasteiger partial charge in [-0.1, -0.05) is 0 Å². The Morgan fingerprint density at radius 1 is 1.30 bits per heavy atom. The van der Waals surface area contributed by atoms with Gasteiger partial charge in [-0.15, -0.1) is 0 Å². The lowest BCUT2D eigenvalue weighted by molar-refractivity contribution is 0.415. The van der Waals surface area contributed by atoms with Gasteiger partial charge in [-0.3, -0.25) is 9.48 Å². The van der Waals surface area contributed by atoms with Crippen molar-refractivity contribution >= 4 is 16.7 Å². The van der Waals surface area contributed by atoms with Crippen LogP contribution in [0, 0.1) is 0 Å². The Bertz CT molecular complexity index is 831. The van der Waals surface area contributed by atoms with Gasteiger partial charge in [0, 0.05) is 7.05 Å². The van der Waals surface area contributed by atoms with Gasteiger partial charge in [0.15, 0.2) is 5.82 Å². The van der Waals surface area contributed by atoms with E-state index in [1.54, 1.807) is 18.8 Å². The highest BCUT2D eigenvalue weighted by Gasteiger charge is 2.12. The van der Waals surface area contributed by atoms with Crippen LogP contribution in [-0.2, 0) is 7.05 Å². The number of benzene rings is 1. The molecule has 3 aromatic rings. The zero-order valence-corrected chi connectivity index (χ0v) is 11.2. The number of ether oxygens (including phenoxy) is 1. The fourth-order valence-electron chi connectivity index (χ4n) is 2.24. The lowest BCUT2D eigenvalue weighted by Gasteiger charge is -2.04. The van der Waals surface area contributed by atoms with Crippen LogP contribution in [0.5, 0.6) is 5.75 Å². The monoisotopic (exact) mass is 270 g/mol. The van der Waals surface area contributed by atoms with E-state index in [4.69, 9.17) is 10.5 Å². The Labute approximate surface area is 114 Å². The molecule has 20 heavy (non-hydrogen) atoms. The number of pyridine rings is 1. The highest BCUT2D eigenvalue weighted by atomic mass is 16.5. The molecule has 0 radical (unpaired) electrons. The molecule has 0 bridgehead atoms. The normalized spacial score (nSPS) is 10.9. The molecule has 102 valence electrons. The summed E-state index contributed by atoms with van der Waals surface area (Å²) < 4.78 is 6.72. The first-order valence-corrected chi connectivity index (χ1v) is 6.10. The van der Waals surface area contributed by atoms with E-state index in [2.05, 4.69) is 10.1 Å². The second kappa shape index (κ2) is 4.41. The number of fused-ring (bicyclic) bond motifs is 1. The molecule has 1 aromatic carbocycles. The number of aromatic amines is 1. The largest absolute Gasteiger partial charge is 0.497 e. The van der Waals surface area contributed by atoms with Crippen molar-refractivity contribution in [3.05, 3.63) is 40.7 Å². The van der Waals surface area contributed by atoms with Gasteiger partial charge in [0.1, 0.15) is 11.1 Å². The third-order valence-corrected chi connectivity index (χ3v) is 3.28. The second-order valence-corrected chi connectivity index (χ2v) is 4.51. The van der Waals surface area contributed by atoms with Crippen LogP contribution in [0.1, 0.15) is 0 Å². The SMILES string of the molecule is COc1ccc(-c2cc3c(c(N)nn3C)c(=O)[nH]2)cc1. The van der Waals surface area contributed by atoms with Crippen LogP contribution in [0.15, 0.2) is 35.1 Å². The summed E-state index contributed by atoms with van der Waals surface area (Å²) in [5, 5.41) is 4.49. The van der Waals surface area contributed by atoms with Gasteiger partial charge < -0.3 is 15.5 Å². The number of H-pyrrole nitrogens is 1. The first kappa shape index (κ1) is 12.3. The van der Waals surface area contributed by atoms with Gasteiger partial charge in [0.25, 0.3) is 5.56 Å². The van der Waals surface area contributed by atoms with Crippen LogP contribution < -0.4 is 16.0 Å². The topological polar surface area (TPSA) is 85.9 Å². The maximum atomic E-state index is 12.1. The molecule has 0 spiro atoms. The minimum atomic E-state index is -0.237. The van der Waals surface area contributed by atoms with Crippen molar-refractivity contribution in [1.82, 2.24) is 14.8 Å². The van der Waals surface area contributed by atoms with Crippen molar-refractivity contribution in [2.24, 2.45) is 7.05 Å². The predicted molar refractivity (Wildman–Crippen MR) is 77.7 cm³/mol. The van der Waals surface area contributed by atoms with E-state index in [1.807, 2.05) is 30.3 Å². The van der Waals surface area contributed by atoms with Crippen LogP contribution in [0.25, 0.3) is 22.2 Å². The Hall–Kier alpha value is -2.76. The molecule has 6 nitrogen and oxygen atoms in total. The van der Waals surface area contributed by atoms with Crippen molar-refractivity contribution in [2.75, 3.05) is 12.8 Å². The van der Waals surface area contributed by atoms with Crippen LogP contribution in [0.2, 0.25) is 0 Å². The molecule has 0 saturated carbocycles. The third kappa shape index (κ3) is 1.82. The van der Waals surface area contributed by atoms with Crippen LogP contribution >= 0.6 is 0 Å². The summed E-state index contributed by atoms with van der Waals surface area (Å²) in [7, 11) is 3.37. The number of hydrogen-bond donors (Lipinski definition) is 2. The summed E-state index contributed by atoms with van der Waals surface area (Å²) in [6.07, 6.45) is 0. The number of nitrogens with two attached hydrogens (primary N) is 1. The smallest absolute Gasteiger partial charge is 0.261 e. The van der Waals surface area contributed by atoms with Crippen molar-refractivity contribution in [2.45, 2.75) is 0 Å². The van der Waals surface area contributed by atoms with Crippen molar-refractivity contribution < 1.29 is 4.74 Å². The molecule has 0 amide bonds. The number of nitrogens with one attached hydrogen (secondary N) is 1. The highest BCUT2D eigenvalue weighted by Crippen LogP contribution is 2.23. The molecule has 0 fully saturated rings. The van der Waals surface area contributed by atoms with Gasteiger partial charge in [-0.2, -0.15) is 5.10 Å². The summed E-state index contributed by atoms with van der Waals surface area (Å²) in [6, 6.07) is 9.32. The van der Waals surface area contributed by atoms with E-state index in [0.29, 0.717) is 16.6 Å². The summed E-state index contributed by atoms with van der Waals surface area (Å²) in [6.45, 7) is 0. The van der Waals surface area contributed by atoms with Crippen LogP contribution in [0.4, 0.5) is 5.82 Å².